The highest BCUT2D eigenvalue weighted by molar-refractivity contribution is 6.10. The van der Waals surface area contributed by atoms with Crippen molar-refractivity contribution in [1.29, 1.82) is 0 Å². The maximum atomic E-state index is 12.8. The summed E-state index contributed by atoms with van der Waals surface area (Å²) in [4.78, 5) is 28.4. The molecule has 2 aromatic carbocycles. The number of amides is 2. The van der Waals surface area contributed by atoms with Crippen LogP contribution in [0, 0.1) is 0 Å². The third-order valence-electron chi connectivity index (χ3n) is 4.17. The van der Waals surface area contributed by atoms with Gasteiger partial charge in [-0.25, -0.2) is 0 Å². The molecule has 0 radical (unpaired) electrons. The van der Waals surface area contributed by atoms with Gasteiger partial charge in [0.2, 0.25) is 0 Å². The van der Waals surface area contributed by atoms with E-state index in [-0.39, 0.29) is 11.6 Å². The van der Waals surface area contributed by atoms with Crippen molar-refractivity contribution >= 4 is 34.5 Å². The van der Waals surface area contributed by atoms with Gasteiger partial charge in [0.05, 0.1) is 6.26 Å². The molecule has 0 aliphatic carbocycles. The number of carbonyl (C=O) groups excluding carboxylic acids is 2. The largest absolute Gasteiger partial charge is 0.465 e. The molecule has 6 nitrogen and oxygen atoms in total. The Morgan fingerprint density at radius 3 is 2.61 bits per heavy atom. The van der Waals surface area contributed by atoms with Gasteiger partial charge in [-0.2, -0.15) is 0 Å². The molecule has 2 aromatic heterocycles. The fraction of sp³-hybridized carbons (Fsp3) is 0. The lowest BCUT2D eigenvalue weighted by Crippen LogP contribution is -2.30. The van der Waals surface area contributed by atoms with Gasteiger partial charge in [0.15, 0.2) is 0 Å². The van der Waals surface area contributed by atoms with Gasteiger partial charge in [-0.3, -0.25) is 9.59 Å². The van der Waals surface area contributed by atoms with Gasteiger partial charge in [-0.15, -0.1) is 0 Å². The zero-order chi connectivity index (χ0) is 19.3. The number of benzene rings is 2. The summed E-state index contributed by atoms with van der Waals surface area (Å²) < 4.78 is 5.29. The molecule has 3 N–H and O–H groups in total. The van der Waals surface area contributed by atoms with Crippen LogP contribution in [0.1, 0.15) is 16.1 Å². The molecule has 2 heterocycles. The first-order valence-electron chi connectivity index (χ1n) is 8.69. The molecule has 2 amide bonds. The molecular weight excluding hydrogens is 354 g/mol. The van der Waals surface area contributed by atoms with Gasteiger partial charge >= 0.3 is 0 Å². The van der Waals surface area contributed by atoms with Gasteiger partial charge in [0.25, 0.3) is 11.8 Å². The molecule has 0 spiro atoms. The lowest BCUT2D eigenvalue weighted by atomic mass is 10.2. The van der Waals surface area contributed by atoms with Crippen molar-refractivity contribution in [3.05, 3.63) is 96.2 Å². The number of nitrogens with one attached hydrogen (secondary N) is 3. The van der Waals surface area contributed by atoms with E-state index in [1.807, 2.05) is 30.5 Å². The van der Waals surface area contributed by atoms with Gasteiger partial charge in [-0.05, 0) is 47.9 Å². The Hall–Kier alpha value is -4.06. The Labute approximate surface area is 160 Å². The molecule has 0 fully saturated rings. The van der Waals surface area contributed by atoms with Gasteiger partial charge in [0.1, 0.15) is 11.5 Å². The van der Waals surface area contributed by atoms with Crippen LogP contribution >= 0.6 is 0 Å². The Balaban J connectivity index is 1.59. The second-order valence-electron chi connectivity index (χ2n) is 6.13. The van der Waals surface area contributed by atoms with Crippen LogP contribution in [0.2, 0.25) is 0 Å². The summed E-state index contributed by atoms with van der Waals surface area (Å²) in [6, 6.07) is 19.6. The van der Waals surface area contributed by atoms with Gasteiger partial charge < -0.3 is 20.0 Å². The molecule has 0 saturated carbocycles. The number of hydrogen-bond donors (Lipinski definition) is 3. The molecule has 0 unspecified atom stereocenters. The average molecular weight is 371 g/mol. The van der Waals surface area contributed by atoms with Crippen molar-refractivity contribution in [2.24, 2.45) is 0 Å². The van der Waals surface area contributed by atoms with Crippen LogP contribution in [-0.4, -0.2) is 16.8 Å². The smallest absolute Gasteiger partial charge is 0.272 e. The lowest BCUT2D eigenvalue weighted by Gasteiger charge is -2.11. The summed E-state index contributed by atoms with van der Waals surface area (Å²) in [7, 11) is 0. The van der Waals surface area contributed by atoms with Crippen molar-refractivity contribution < 1.29 is 14.0 Å². The Morgan fingerprint density at radius 1 is 0.964 bits per heavy atom. The average Bonchev–Trinajstić information content (AvgIpc) is 3.39. The Morgan fingerprint density at radius 2 is 1.82 bits per heavy atom. The van der Waals surface area contributed by atoms with Crippen molar-refractivity contribution in [3.63, 3.8) is 0 Å². The molecule has 0 aliphatic rings. The van der Waals surface area contributed by atoms with E-state index in [4.69, 9.17) is 4.42 Å². The Bertz CT molecular complexity index is 1140. The molecule has 4 rings (SSSR count). The van der Waals surface area contributed by atoms with Crippen molar-refractivity contribution in [2.75, 3.05) is 5.32 Å². The highest BCUT2D eigenvalue weighted by atomic mass is 16.3. The second-order valence-corrected chi connectivity index (χ2v) is 6.13. The minimum atomic E-state index is -0.452. The number of aromatic nitrogens is 1. The molecule has 28 heavy (non-hydrogen) atoms. The maximum Gasteiger partial charge on any atom is 0.272 e. The fourth-order valence-electron chi connectivity index (χ4n) is 2.78. The van der Waals surface area contributed by atoms with Gasteiger partial charge in [-0.1, -0.05) is 24.3 Å². The van der Waals surface area contributed by atoms with Crippen LogP contribution < -0.4 is 10.6 Å². The molecule has 6 heteroatoms. The first-order valence-corrected chi connectivity index (χ1v) is 8.69. The molecule has 0 aliphatic heterocycles. The second kappa shape index (κ2) is 7.67. The molecule has 138 valence electrons. The Kier molecular flexibility index (Phi) is 4.76. The summed E-state index contributed by atoms with van der Waals surface area (Å²) >= 11 is 0. The van der Waals surface area contributed by atoms with E-state index in [1.165, 1.54) is 12.3 Å². The summed E-state index contributed by atoms with van der Waals surface area (Å²) in [6.07, 6.45) is 4.82. The number of H-pyrrole nitrogens is 1. The van der Waals surface area contributed by atoms with E-state index in [2.05, 4.69) is 15.6 Å². The van der Waals surface area contributed by atoms with Crippen molar-refractivity contribution in [3.8, 4) is 0 Å². The number of hydrogen-bond acceptors (Lipinski definition) is 3. The first-order chi connectivity index (χ1) is 13.7. The lowest BCUT2D eigenvalue weighted by molar-refractivity contribution is -0.113. The highest BCUT2D eigenvalue weighted by Crippen LogP contribution is 2.18. The number of rotatable bonds is 5. The minimum absolute atomic E-state index is 0.0791. The van der Waals surface area contributed by atoms with Crippen LogP contribution in [0.15, 0.2) is 89.3 Å². The molecular formula is C22H17N3O3. The van der Waals surface area contributed by atoms with Crippen molar-refractivity contribution in [1.82, 2.24) is 10.3 Å². The summed E-state index contributed by atoms with van der Waals surface area (Å²) in [5.74, 6) is -0.377. The van der Waals surface area contributed by atoms with Crippen LogP contribution in [0.4, 0.5) is 5.69 Å². The zero-order valence-electron chi connectivity index (χ0n) is 14.8. The number of carbonyl (C=O) groups is 2. The standard InChI is InChI=1S/C22H17N3O3/c26-21(16-5-2-1-3-6-16)25-20(14-18-7-4-12-28-18)22(27)24-17-9-8-15-10-11-23-19(15)13-17/h1-14,23H,(H,24,27)(H,25,26)/b20-14-. The minimum Gasteiger partial charge on any atom is -0.465 e. The van der Waals surface area contributed by atoms with E-state index in [0.717, 1.165) is 10.9 Å². The summed E-state index contributed by atoms with van der Waals surface area (Å²) in [5, 5.41) is 6.52. The number of aromatic amines is 1. The van der Waals surface area contributed by atoms with E-state index >= 15 is 0 Å². The third-order valence-corrected chi connectivity index (χ3v) is 4.17. The SMILES string of the molecule is O=C(Nc1ccc2cc[nH]c2c1)/C(=C/c1ccco1)NC(=O)c1ccccc1. The normalized spacial score (nSPS) is 11.4. The molecule has 0 saturated heterocycles. The zero-order valence-corrected chi connectivity index (χ0v) is 14.8. The highest BCUT2D eigenvalue weighted by Gasteiger charge is 2.15. The van der Waals surface area contributed by atoms with Crippen LogP contribution in [0.5, 0.6) is 0 Å². The molecule has 0 bridgehead atoms. The molecule has 0 atom stereocenters. The van der Waals surface area contributed by atoms with E-state index in [9.17, 15) is 9.59 Å². The predicted molar refractivity (Wildman–Crippen MR) is 108 cm³/mol. The maximum absolute atomic E-state index is 12.8. The fourth-order valence-corrected chi connectivity index (χ4v) is 2.78. The number of fused-ring (bicyclic) bond motifs is 1. The van der Waals surface area contributed by atoms with Crippen molar-refractivity contribution in [2.45, 2.75) is 0 Å². The molecule has 4 aromatic rings. The number of furan rings is 1. The van der Waals surface area contributed by atoms with Crippen LogP contribution in [0.25, 0.3) is 17.0 Å². The van der Waals surface area contributed by atoms with E-state index < -0.39 is 5.91 Å². The van der Waals surface area contributed by atoms with Crippen LogP contribution in [-0.2, 0) is 4.79 Å². The third kappa shape index (κ3) is 3.86. The van der Waals surface area contributed by atoms with Gasteiger partial charge in [0, 0.05) is 29.0 Å². The summed E-state index contributed by atoms with van der Waals surface area (Å²) in [5.41, 5.74) is 2.05. The number of anilines is 1. The van der Waals surface area contributed by atoms with E-state index in [1.54, 1.807) is 42.5 Å². The van der Waals surface area contributed by atoms with E-state index in [0.29, 0.717) is 17.0 Å². The monoisotopic (exact) mass is 371 g/mol. The first kappa shape index (κ1) is 17.4. The summed E-state index contributed by atoms with van der Waals surface area (Å²) in [6.45, 7) is 0. The quantitative estimate of drug-likeness (QED) is 0.460. The topological polar surface area (TPSA) is 87.1 Å². The van der Waals surface area contributed by atoms with Crippen LogP contribution in [0.3, 0.4) is 0 Å². The predicted octanol–water partition coefficient (Wildman–Crippen LogP) is 4.17.